The molecule has 0 amide bonds. The molecule has 14 nitrogen and oxygen atoms in total. The number of ether oxygens (including phenoxy) is 2. The molecule has 15 aromatic rings. The molecule has 3 radical (unpaired) electrons. The summed E-state index contributed by atoms with van der Waals surface area (Å²) in [7, 11) is 2.60. The minimum Gasteiger partial charge on any atom is -0.513 e. The van der Waals surface area contributed by atoms with Crippen molar-refractivity contribution < 1.29 is 100 Å². The van der Waals surface area contributed by atoms with Gasteiger partial charge in [-0.05, 0) is 80.4 Å². The van der Waals surface area contributed by atoms with Gasteiger partial charge in [-0.25, -0.2) is 0 Å². The van der Waals surface area contributed by atoms with Crippen LogP contribution in [0.1, 0.15) is 161 Å². The molecule has 15 rings (SSSR count). The zero-order valence-electron chi connectivity index (χ0n) is 72.9. The molecular formula is C103H113Ir3N6O8-3. The molecule has 0 aliphatic rings. The number of rotatable bonds is 8. The van der Waals surface area contributed by atoms with Gasteiger partial charge in [-0.1, -0.05) is 309 Å². The fourth-order valence-electron chi connectivity index (χ4n) is 13.1. The van der Waals surface area contributed by atoms with Crippen LogP contribution in [-0.2, 0) is 91.4 Å². The van der Waals surface area contributed by atoms with E-state index in [1.165, 1.54) is 87.9 Å². The van der Waals surface area contributed by atoms with Gasteiger partial charge in [0.25, 0.3) is 5.95 Å². The number of fused-ring (bicyclic) bond motifs is 18. The predicted molar refractivity (Wildman–Crippen MR) is 486 cm³/mol. The molecule has 3 heterocycles. The number of allylic oxidation sites excluding steroid dienone is 2. The summed E-state index contributed by atoms with van der Waals surface area (Å²) >= 11 is 0. The summed E-state index contributed by atoms with van der Waals surface area (Å²) in [6.45, 7) is 41.7. The Morgan fingerprint density at radius 1 is 0.375 bits per heavy atom. The van der Waals surface area contributed by atoms with E-state index in [0.717, 1.165) is 105 Å². The second-order valence-electron chi connectivity index (χ2n) is 35.8. The largest absolute Gasteiger partial charge is 0.513 e. The van der Waals surface area contributed by atoms with Crippen LogP contribution in [0.25, 0.3) is 132 Å². The van der Waals surface area contributed by atoms with Crippen molar-refractivity contribution in [3.8, 4) is 33.8 Å². The van der Waals surface area contributed by atoms with Crippen molar-refractivity contribution in [1.29, 1.82) is 0 Å². The minimum atomic E-state index is -1.11. The molecule has 12 aromatic carbocycles. The quantitative estimate of drug-likeness (QED) is 0.0361. The van der Waals surface area contributed by atoms with Gasteiger partial charge in [0.05, 0.1) is 70.5 Å². The molecule has 0 spiro atoms. The monoisotopic (exact) mass is 2140 g/mol. The van der Waals surface area contributed by atoms with Gasteiger partial charge in [-0.15, -0.1) is 87.9 Å². The van der Waals surface area contributed by atoms with Crippen LogP contribution in [0.15, 0.2) is 248 Å². The van der Waals surface area contributed by atoms with Crippen molar-refractivity contribution in [3.63, 3.8) is 0 Å². The molecule has 120 heavy (non-hydrogen) atoms. The van der Waals surface area contributed by atoms with Gasteiger partial charge in [-0.3, -0.25) is 15.0 Å². The molecule has 3 atom stereocenters. The van der Waals surface area contributed by atoms with E-state index < -0.39 is 18.5 Å². The van der Waals surface area contributed by atoms with Crippen LogP contribution in [-0.4, -0.2) is 93.3 Å². The maximum absolute atomic E-state index is 9.68. The summed E-state index contributed by atoms with van der Waals surface area (Å²) in [6.07, 6.45) is 7.30. The molecular weight excluding hydrogens is 2030 g/mol. The third kappa shape index (κ3) is 24.2. The van der Waals surface area contributed by atoms with Gasteiger partial charge in [0, 0.05) is 125 Å². The van der Waals surface area contributed by atoms with Gasteiger partial charge < -0.3 is 55.1 Å². The summed E-state index contributed by atoms with van der Waals surface area (Å²) in [4.78, 5) is 29.7. The molecule has 0 aliphatic carbocycles. The SMILES string of the molecule is CC(C)(C)C(O)=CC(O)C(C)(C)C.CC(C)(C)c1c[c-]c2c(c1)c1cc(C(C)(C)C)ccc1c1nc(-c3ccccc3)cnc21.CC(C)(C)c1c[c-]c2c(c1)c1cc(C(C)(C)C)ccc1c1nc(-c3ccccc3)cnc21.CC(O)=CC(C)O.COC(O)=CC(O)OC.[Ir].[Ir].[Ir].[c-]1cccc2c1c1ncc(-c3ccccc3)nc1c1ccccc21. The number of nitrogens with zero attached hydrogens (tertiary/aromatic N) is 6. The fraction of sp³-hybridized carbons (Fsp3) is 0.301. The van der Waals surface area contributed by atoms with Crippen LogP contribution < -0.4 is 0 Å². The Kier molecular flexibility index (Phi) is 33.2. The number of hydrogen-bond donors (Lipinski definition) is 6. The number of aliphatic hydroxyl groups excluding tert-OH is 6. The average molecular weight is 2140 g/mol. The van der Waals surface area contributed by atoms with Gasteiger partial charge >= 0.3 is 0 Å². The zero-order valence-corrected chi connectivity index (χ0v) is 80.0. The minimum absolute atomic E-state index is 0. The van der Waals surface area contributed by atoms with E-state index >= 15 is 0 Å². The predicted octanol–water partition coefficient (Wildman–Crippen LogP) is 25.1. The molecule has 3 aromatic heterocycles. The van der Waals surface area contributed by atoms with Crippen molar-refractivity contribution in [2.24, 2.45) is 10.8 Å². The van der Waals surface area contributed by atoms with E-state index in [1.54, 1.807) is 6.92 Å². The first-order valence-electron chi connectivity index (χ1n) is 39.7. The molecule has 6 N–H and O–H groups in total. The number of benzene rings is 12. The zero-order chi connectivity index (χ0) is 85.3. The van der Waals surface area contributed by atoms with E-state index in [-0.39, 0.29) is 110 Å². The molecule has 3 unspecified atom stereocenters. The smallest absolute Gasteiger partial charge is 0.277 e. The third-order valence-electron chi connectivity index (χ3n) is 20.2. The molecule has 0 bridgehead atoms. The Morgan fingerprint density at radius 3 is 1.04 bits per heavy atom. The normalized spacial score (nSPS) is 13.0. The van der Waals surface area contributed by atoms with Crippen molar-refractivity contribution >= 4 is 97.7 Å². The van der Waals surface area contributed by atoms with Crippen molar-refractivity contribution in [2.75, 3.05) is 14.2 Å². The summed E-state index contributed by atoms with van der Waals surface area (Å²) in [5.74, 6) is 0.0503. The average Bonchev–Trinajstić information content (AvgIpc) is 0.739. The van der Waals surface area contributed by atoms with Gasteiger partial charge in [-0.2, -0.15) is 0 Å². The van der Waals surface area contributed by atoms with Gasteiger partial charge in [0.1, 0.15) is 0 Å². The Bertz CT molecular complexity index is 5850. The van der Waals surface area contributed by atoms with Crippen LogP contribution in [0.5, 0.6) is 0 Å². The Balaban J connectivity index is 0.000000212. The summed E-state index contributed by atoms with van der Waals surface area (Å²) in [6, 6.07) is 78.2. The first kappa shape index (κ1) is 97.5. The third-order valence-corrected chi connectivity index (χ3v) is 20.2. The van der Waals surface area contributed by atoms with Crippen molar-refractivity contribution in [3.05, 3.63) is 289 Å². The maximum atomic E-state index is 9.68. The number of methoxy groups -OCH3 is 2. The number of aliphatic hydroxyl groups is 6. The van der Waals surface area contributed by atoms with Crippen molar-refractivity contribution in [2.45, 2.75) is 179 Å². The fourth-order valence-corrected chi connectivity index (χ4v) is 13.1. The van der Waals surface area contributed by atoms with Crippen LogP contribution in [0.2, 0.25) is 0 Å². The number of aromatic nitrogens is 6. The topological polar surface area (TPSA) is 217 Å². The molecule has 0 fully saturated rings. The Hall–Kier alpha value is -9.57. The van der Waals surface area contributed by atoms with E-state index in [4.69, 9.17) is 50.3 Å². The molecule has 17 heteroatoms. The maximum Gasteiger partial charge on any atom is 0.277 e. The van der Waals surface area contributed by atoms with E-state index in [0.29, 0.717) is 0 Å². The van der Waals surface area contributed by atoms with E-state index in [2.05, 4.69) is 238 Å². The van der Waals surface area contributed by atoms with Crippen molar-refractivity contribution in [1.82, 2.24) is 29.9 Å². The van der Waals surface area contributed by atoms with E-state index in [9.17, 15) is 10.2 Å². The molecule has 0 aliphatic heterocycles. The molecule has 0 saturated heterocycles. The van der Waals surface area contributed by atoms with Gasteiger partial charge in [0.15, 0.2) is 6.29 Å². The summed E-state index contributed by atoms with van der Waals surface area (Å²) < 4.78 is 8.66. The molecule has 633 valence electrons. The second kappa shape index (κ2) is 40.9. The summed E-state index contributed by atoms with van der Waals surface area (Å²) in [5, 5.41) is 67.1. The standard InChI is InChI=1S/2C30H29N2.C22H13N2.C11H22O2.C5H10O4.C5H10O2.3Ir/c2*1-29(2,3)20-12-14-22-24(16-20)25-17-21(30(4,5)6)13-15-23(25)28-27(22)31-18-26(32-28)19-10-8-7-9-11-19;1-2-8-15(9-3-1)20-14-23-21-18-12-6-4-10-16(18)17-11-5-7-13-19(17)22(21)24-20;1-10(2,3)8(12)7-9(13)11(4,5)6;1-8-4(6)3-5(7)9-2;1-4(6)3-5(2)7;;;/h2*7-13,15-18H,1-6H3;1-11,13-14H;7-8,12-13H,1-6H3;3-4,6-7H,1-2H3;3-4,6-7H,1-2H3;;;/q3*-1;;;;;;. The Morgan fingerprint density at radius 2 is 0.717 bits per heavy atom. The summed E-state index contributed by atoms with van der Waals surface area (Å²) in [5.41, 5.74) is 16.4. The van der Waals surface area contributed by atoms with E-state index in [1.807, 2.05) is 127 Å². The van der Waals surface area contributed by atoms with Crippen LogP contribution in [0.4, 0.5) is 0 Å². The second-order valence-corrected chi connectivity index (χ2v) is 35.8. The first-order chi connectivity index (χ1) is 55.0. The number of hydrogen-bond acceptors (Lipinski definition) is 14. The Labute approximate surface area is 748 Å². The van der Waals surface area contributed by atoms with Crippen LogP contribution >= 0.6 is 0 Å². The molecule has 0 saturated carbocycles. The van der Waals surface area contributed by atoms with Crippen LogP contribution in [0.3, 0.4) is 0 Å². The first-order valence-corrected chi connectivity index (χ1v) is 39.7. The van der Waals surface area contributed by atoms with Gasteiger partial charge in [0.2, 0.25) is 0 Å². The van der Waals surface area contributed by atoms with Crippen LogP contribution in [0, 0.1) is 29.0 Å².